The van der Waals surface area contributed by atoms with Gasteiger partial charge < -0.3 is 4.90 Å². The van der Waals surface area contributed by atoms with E-state index in [2.05, 4.69) is 4.90 Å². The van der Waals surface area contributed by atoms with E-state index in [-0.39, 0.29) is 5.78 Å². The molecule has 1 fully saturated rings. The maximum absolute atomic E-state index is 12.5. The molecule has 2 aromatic carbocycles. The molecule has 0 radical (unpaired) electrons. The smallest absolute Gasteiger partial charge is 0.195 e. The largest absolute Gasteiger partial charge is 0.371 e. The molecule has 2 heteroatoms. The lowest BCUT2D eigenvalue weighted by atomic mass is 10.00. The Hall–Kier alpha value is -2.09. The zero-order chi connectivity index (χ0) is 12.4. The van der Waals surface area contributed by atoms with Crippen LogP contribution >= 0.6 is 0 Å². The third-order valence-corrected chi connectivity index (χ3v) is 3.38. The highest BCUT2D eigenvalue weighted by Crippen LogP contribution is 2.26. The lowest BCUT2D eigenvalue weighted by Gasteiger charge is -2.34. The normalized spacial score (nSPS) is 14.1. The Balaban J connectivity index is 1.99. The van der Waals surface area contributed by atoms with Crippen molar-refractivity contribution in [1.82, 2.24) is 0 Å². The van der Waals surface area contributed by atoms with E-state index in [0.29, 0.717) is 0 Å². The molecular formula is C16H15NO. The van der Waals surface area contributed by atoms with E-state index < -0.39 is 0 Å². The third kappa shape index (κ3) is 1.90. The predicted octanol–water partition coefficient (Wildman–Crippen LogP) is 3.13. The fourth-order valence-electron chi connectivity index (χ4n) is 2.24. The van der Waals surface area contributed by atoms with Crippen molar-refractivity contribution in [2.24, 2.45) is 0 Å². The van der Waals surface area contributed by atoms with Gasteiger partial charge in [0.2, 0.25) is 0 Å². The molecule has 2 nitrogen and oxygen atoms in total. The molecule has 1 saturated heterocycles. The molecule has 1 aliphatic heterocycles. The van der Waals surface area contributed by atoms with Crippen LogP contribution in [0.25, 0.3) is 0 Å². The maximum Gasteiger partial charge on any atom is 0.195 e. The summed E-state index contributed by atoms with van der Waals surface area (Å²) in [7, 11) is 0. The molecule has 1 aliphatic rings. The monoisotopic (exact) mass is 237 g/mol. The van der Waals surface area contributed by atoms with Crippen LogP contribution in [-0.2, 0) is 0 Å². The van der Waals surface area contributed by atoms with Crippen LogP contribution in [0.5, 0.6) is 0 Å². The second kappa shape index (κ2) is 4.65. The fraction of sp³-hybridized carbons (Fsp3) is 0.188. The number of para-hydroxylation sites is 1. The van der Waals surface area contributed by atoms with E-state index >= 15 is 0 Å². The third-order valence-electron chi connectivity index (χ3n) is 3.38. The Labute approximate surface area is 107 Å². The van der Waals surface area contributed by atoms with Crippen molar-refractivity contribution < 1.29 is 4.79 Å². The molecule has 0 aromatic heterocycles. The fourth-order valence-corrected chi connectivity index (χ4v) is 2.24. The van der Waals surface area contributed by atoms with Crippen LogP contribution in [-0.4, -0.2) is 18.9 Å². The molecule has 0 bridgehead atoms. The highest BCUT2D eigenvalue weighted by molar-refractivity contribution is 6.12. The summed E-state index contributed by atoms with van der Waals surface area (Å²) < 4.78 is 0. The molecule has 0 aliphatic carbocycles. The first-order chi connectivity index (χ1) is 8.86. The predicted molar refractivity (Wildman–Crippen MR) is 73.1 cm³/mol. The number of carbonyl (C=O) groups excluding carboxylic acids is 1. The van der Waals surface area contributed by atoms with Crippen molar-refractivity contribution in [3.63, 3.8) is 0 Å². The van der Waals surface area contributed by atoms with Crippen molar-refractivity contribution in [3.8, 4) is 0 Å². The van der Waals surface area contributed by atoms with Crippen LogP contribution in [0, 0.1) is 0 Å². The van der Waals surface area contributed by atoms with E-state index in [4.69, 9.17) is 0 Å². The van der Waals surface area contributed by atoms with E-state index in [9.17, 15) is 4.79 Å². The Morgan fingerprint density at radius 3 is 2.22 bits per heavy atom. The van der Waals surface area contributed by atoms with Gasteiger partial charge >= 0.3 is 0 Å². The number of ketones is 1. The number of carbonyl (C=O) groups is 1. The van der Waals surface area contributed by atoms with Crippen LogP contribution < -0.4 is 4.90 Å². The van der Waals surface area contributed by atoms with Gasteiger partial charge in [-0.1, -0.05) is 42.5 Å². The quantitative estimate of drug-likeness (QED) is 0.764. The summed E-state index contributed by atoms with van der Waals surface area (Å²) in [4.78, 5) is 14.7. The topological polar surface area (TPSA) is 20.3 Å². The Kier molecular flexibility index (Phi) is 2.85. The lowest BCUT2D eigenvalue weighted by molar-refractivity contribution is 0.103. The minimum Gasteiger partial charge on any atom is -0.371 e. The number of nitrogens with zero attached hydrogens (tertiary/aromatic N) is 1. The molecule has 0 atom stereocenters. The lowest BCUT2D eigenvalue weighted by Crippen LogP contribution is -2.38. The first-order valence-corrected chi connectivity index (χ1v) is 6.30. The average molecular weight is 237 g/mol. The summed E-state index contributed by atoms with van der Waals surface area (Å²) in [6.45, 7) is 2.11. The first-order valence-electron chi connectivity index (χ1n) is 6.30. The zero-order valence-electron chi connectivity index (χ0n) is 10.2. The Morgan fingerprint density at radius 1 is 0.889 bits per heavy atom. The SMILES string of the molecule is O=C(c1ccccc1)c1ccccc1N1CCC1. The van der Waals surface area contributed by atoms with Gasteiger partial charge in [0, 0.05) is 29.9 Å². The molecule has 0 N–H and O–H groups in total. The molecule has 1 heterocycles. The molecular weight excluding hydrogens is 222 g/mol. The summed E-state index contributed by atoms with van der Waals surface area (Å²) >= 11 is 0. The number of benzene rings is 2. The van der Waals surface area contributed by atoms with Gasteiger partial charge in [-0.3, -0.25) is 4.79 Å². The number of hydrogen-bond acceptors (Lipinski definition) is 2. The van der Waals surface area contributed by atoms with Crippen molar-refractivity contribution in [2.45, 2.75) is 6.42 Å². The van der Waals surface area contributed by atoms with Crippen LogP contribution in [0.3, 0.4) is 0 Å². The van der Waals surface area contributed by atoms with E-state index in [1.54, 1.807) is 0 Å². The van der Waals surface area contributed by atoms with E-state index in [1.807, 2.05) is 54.6 Å². The van der Waals surface area contributed by atoms with Gasteiger partial charge in [-0.15, -0.1) is 0 Å². The van der Waals surface area contributed by atoms with Crippen molar-refractivity contribution in [2.75, 3.05) is 18.0 Å². The van der Waals surface area contributed by atoms with Crippen LogP contribution in [0.15, 0.2) is 54.6 Å². The highest BCUT2D eigenvalue weighted by atomic mass is 16.1. The van der Waals surface area contributed by atoms with Gasteiger partial charge in [0.25, 0.3) is 0 Å². The van der Waals surface area contributed by atoms with Gasteiger partial charge in [-0.2, -0.15) is 0 Å². The molecule has 18 heavy (non-hydrogen) atoms. The Morgan fingerprint density at radius 2 is 1.56 bits per heavy atom. The minimum absolute atomic E-state index is 0.109. The van der Waals surface area contributed by atoms with Gasteiger partial charge in [-0.25, -0.2) is 0 Å². The van der Waals surface area contributed by atoms with Gasteiger partial charge in [0.1, 0.15) is 0 Å². The van der Waals surface area contributed by atoms with Crippen LogP contribution in [0.4, 0.5) is 5.69 Å². The van der Waals surface area contributed by atoms with Crippen molar-refractivity contribution >= 4 is 11.5 Å². The summed E-state index contributed by atoms with van der Waals surface area (Å²) in [6, 6.07) is 17.4. The van der Waals surface area contributed by atoms with Gasteiger partial charge in [-0.05, 0) is 18.6 Å². The van der Waals surface area contributed by atoms with Crippen LogP contribution in [0.1, 0.15) is 22.3 Å². The molecule has 90 valence electrons. The summed E-state index contributed by atoms with van der Waals surface area (Å²) in [5.74, 6) is 0.109. The molecule has 0 spiro atoms. The second-order valence-corrected chi connectivity index (χ2v) is 4.55. The molecule has 0 unspecified atom stereocenters. The maximum atomic E-state index is 12.5. The second-order valence-electron chi connectivity index (χ2n) is 4.55. The number of rotatable bonds is 3. The highest BCUT2D eigenvalue weighted by Gasteiger charge is 2.20. The van der Waals surface area contributed by atoms with Crippen molar-refractivity contribution in [1.29, 1.82) is 0 Å². The summed E-state index contributed by atoms with van der Waals surface area (Å²) in [6.07, 6.45) is 1.22. The molecule has 3 rings (SSSR count). The van der Waals surface area contributed by atoms with Crippen molar-refractivity contribution in [3.05, 3.63) is 65.7 Å². The number of anilines is 1. The molecule has 0 saturated carbocycles. The summed E-state index contributed by atoms with van der Waals surface area (Å²) in [5.41, 5.74) is 2.63. The molecule has 2 aromatic rings. The first kappa shape index (κ1) is 11.0. The standard InChI is InChI=1S/C16H15NO/c18-16(13-7-2-1-3-8-13)14-9-4-5-10-15(14)17-11-6-12-17/h1-5,7-10H,6,11-12H2. The average Bonchev–Trinajstić information content (AvgIpc) is 2.38. The minimum atomic E-state index is 0.109. The van der Waals surface area contributed by atoms with Crippen LogP contribution in [0.2, 0.25) is 0 Å². The zero-order valence-corrected chi connectivity index (χ0v) is 10.2. The van der Waals surface area contributed by atoms with Gasteiger partial charge in [0.15, 0.2) is 5.78 Å². The van der Waals surface area contributed by atoms with E-state index in [1.165, 1.54) is 6.42 Å². The number of hydrogen-bond donors (Lipinski definition) is 0. The summed E-state index contributed by atoms with van der Waals surface area (Å²) in [5, 5.41) is 0. The Bertz CT molecular complexity index is 558. The molecule has 0 amide bonds. The van der Waals surface area contributed by atoms with Gasteiger partial charge in [0.05, 0.1) is 0 Å². The van der Waals surface area contributed by atoms with E-state index in [0.717, 1.165) is 29.9 Å².